The van der Waals surface area contributed by atoms with Crippen LogP contribution < -0.4 is 5.32 Å². The zero-order valence-corrected chi connectivity index (χ0v) is 20.7. The molecule has 37 heavy (non-hydrogen) atoms. The molecular weight excluding hydrogens is 484 g/mol. The quantitative estimate of drug-likeness (QED) is 0.460. The third kappa shape index (κ3) is 5.40. The predicted molar refractivity (Wildman–Crippen MR) is 128 cm³/mol. The van der Waals surface area contributed by atoms with Crippen molar-refractivity contribution in [3.05, 3.63) is 48.5 Å². The Bertz CT molecular complexity index is 1330. The molecule has 2 aromatic heterocycles. The molecule has 1 aromatic carbocycles. The SMILES string of the molecule is CC(=O)OCC1OC(n2cnc3c(NC(=O)c4ccccc4)ncnc32)C(OC(C)=O)C1N(C)C(C)=O. The molecule has 0 radical (unpaired) electrons. The fourth-order valence-electron chi connectivity index (χ4n) is 4.18. The largest absolute Gasteiger partial charge is 0.463 e. The van der Waals surface area contributed by atoms with Gasteiger partial charge < -0.3 is 24.4 Å². The molecule has 1 N–H and O–H groups in total. The lowest BCUT2D eigenvalue weighted by Gasteiger charge is -2.31. The minimum atomic E-state index is -0.985. The van der Waals surface area contributed by atoms with Crippen molar-refractivity contribution in [2.24, 2.45) is 0 Å². The topological polar surface area (TPSA) is 155 Å². The molecule has 1 aliphatic rings. The fourth-order valence-corrected chi connectivity index (χ4v) is 4.18. The van der Waals surface area contributed by atoms with Crippen LogP contribution >= 0.6 is 0 Å². The van der Waals surface area contributed by atoms with Gasteiger partial charge in [-0.3, -0.25) is 23.7 Å². The van der Waals surface area contributed by atoms with Crippen LogP contribution in [0.15, 0.2) is 43.0 Å². The first kappa shape index (κ1) is 25.7. The number of anilines is 1. The Morgan fingerprint density at radius 1 is 1.05 bits per heavy atom. The average molecular weight is 511 g/mol. The molecule has 4 unspecified atom stereocenters. The van der Waals surface area contributed by atoms with Crippen LogP contribution in [0.4, 0.5) is 5.82 Å². The normalized spacial score (nSPS) is 20.9. The van der Waals surface area contributed by atoms with Crippen molar-refractivity contribution in [1.82, 2.24) is 24.4 Å². The molecule has 13 heteroatoms. The van der Waals surface area contributed by atoms with E-state index in [0.717, 1.165) is 0 Å². The number of benzene rings is 1. The maximum Gasteiger partial charge on any atom is 0.303 e. The average Bonchev–Trinajstić information content (AvgIpc) is 3.44. The summed E-state index contributed by atoms with van der Waals surface area (Å²) in [5, 5.41) is 2.73. The van der Waals surface area contributed by atoms with Gasteiger partial charge in [-0.1, -0.05) is 18.2 Å². The van der Waals surface area contributed by atoms with E-state index >= 15 is 0 Å². The van der Waals surface area contributed by atoms with E-state index < -0.39 is 36.4 Å². The zero-order valence-electron chi connectivity index (χ0n) is 20.7. The van der Waals surface area contributed by atoms with Crippen molar-refractivity contribution in [1.29, 1.82) is 0 Å². The number of nitrogens with zero attached hydrogens (tertiary/aromatic N) is 5. The van der Waals surface area contributed by atoms with Crippen LogP contribution in [0.5, 0.6) is 0 Å². The van der Waals surface area contributed by atoms with Gasteiger partial charge in [0.05, 0.1) is 6.33 Å². The Hall–Kier alpha value is -4.39. The molecule has 194 valence electrons. The Balaban J connectivity index is 1.71. The molecule has 0 bridgehead atoms. The van der Waals surface area contributed by atoms with Gasteiger partial charge in [0.1, 0.15) is 25.1 Å². The van der Waals surface area contributed by atoms with Crippen LogP contribution in [0.25, 0.3) is 11.2 Å². The Morgan fingerprint density at radius 3 is 2.43 bits per heavy atom. The number of carbonyl (C=O) groups is 4. The van der Waals surface area contributed by atoms with Crippen molar-refractivity contribution in [2.75, 3.05) is 19.0 Å². The molecule has 1 saturated heterocycles. The molecule has 0 saturated carbocycles. The van der Waals surface area contributed by atoms with Gasteiger partial charge in [-0.2, -0.15) is 0 Å². The van der Waals surface area contributed by atoms with Crippen LogP contribution in [0.1, 0.15) is 37.4 Å². The summed E-state index contributed by atoms with van der Waals surface area (Å²) in [6, 6.07) is 7.84. The molecule has 13 nitrogen and oxygen atoms in total. The molecule has 4 atom stereocenters. The van der Waals surface area contributed by atoms with Crippen molar-refractivity contribution in [2.45, 2.75) is 45.2 Å². The maximum absolute atomic E-state index is 12.7. The number of imidazole rings is 1. The van der Waals surface area contributed by atoms with Crippen LogP contribution in [-0.4, -0.2) is 80.1 Å². The van der Waals surface area contributed by atoms with E-state index in [2.05, 4.69) is 20.3 Å². The summed E-state index contributed by atoms with van der Waals surface area (Å²) in [6.07, 6.45) is -0.108. The third-order valence-electron chi connectivity index (χ3n) is 5.91. The Labute approximate surface area is 211 Å². The number of likely N-dealkylation sites (N-methyl/N-ethyl adjacent to an activating group) is 1. The van der Waals surface area contributed by atoms with E-state index in [-0.39, 0.29) is 35.4 Å². The van der Waals surface area contributed by atoms with Gasteiger partial charge in [0, 0.05) is 33.4 Å². The zero-order chi connectivity index (χ0) is 26.7. The van der Waals surface area contributed by atoms with Crippen LogP contribution in [0.3, 0.4) is 0 Å². The number of hydrogen-bond donors (Lipinski definition) is 1. The number of aromatic nitrogens is 4. The van der Waals surface area contributed by atoms with Crippen molar-refractivity contribution >= 4 is 40.7 Å². The highest BCUT2D eigenvalue weighted by molar-refractivity contribution is 6.06. The second kappa shape index (κ2) is 10.7. The Kier molecular flexibility index (Phi) is 7.43. The van der Waals surface area contributed by atoms with Gasteiger partial charge in [-0.25, -0.2) is 15.0 Å². The molecule has 3 aromatic rings. The predicted octanol–water partition coefficient (Wildman–Crippen LogP) is 1.32. The molecule has 0 spiro atoms. The summed E-state index contributed by atoms with van der Waals surface area (Å²) in [5.41, 5.74) is 1.00. The number of carbonyl (C=O) groups excluding carboxylic acids is 4. The highest BCUT2D eigenvalue weighted by Gasteiger charge is 2.51. The lowest BCUT2D eigenvalue weighted by molar-refractivity contribution is -0.155. The number of hydrogen-bond acceptors (Lipinski definition) is 10. The fraction of sp³-hybridized carbons (Fsp3) is 0.375. The molecule has 2 amide bonds. The van der Waals surface area contributed by atoms with Crippen LogP contribution in [0, 0.1) is 0 Å². The van der Waals surface area contributed by atoms with Crippen LogP contribution in [-0.2, 0) is 28.6 Å². The maximum atomic E-state index is 12.7. The van der Waals surface area contributed by atoms with E-state index in [9.17, 15) is 19.2 Å². The number of ether oxygens (including phenoxy) is 3. The monoisotopic (exact) mass is 510 g/mol. The minimum absolute atomic E-state index is 0.175. The first-order valence-electron chi connectivity index (χ1n) is 11.4. The Morgan fingerprint density at radius 2 is 1.78 bits per heavy atom. The number of rotatable bonds is 7. The van der Waals surface area contributed by atoms with Crippen molar-refractivity contribution in [3.8, 4) is 0 Å². The van der Waals surface area contributed by atoms with E-state index in [1.54, 1.807) is 37.4 Å². The van der Waals surface area contributed by atoms with E-state index in [1.165, 1.54) is 42.9 Å². The summed E-state index contributed by atoms with van der Waals surface area (Å²) < 4.78 is 18.5. The van der Waals surface area contributed by atoms with Gasteiger partial charge in [-0.05, 0) is 12.1 Å². The van der Waals surface area contributed by atoms with E-state index in [4.69, 9.17) is 14.2 Å². The molecule has 1 fully saturated rings. The minimum Gasteiger partial charge on any atom is -0.463 e. The summed E-state index contributed by atoms with van der Waals surface area (Å²) >= 11 is 0. The third-order valence-corrected chi connectivity index (χ3v) is 5.91. The molecule has 4 rings (SSSR count). The van der Waals surface area contributed by atoms with Gasteiger partial charge >= 0.3 is 11.9 Å². The van der Waals surface area contributed by atoms with Gasteiger partial charge in [0.25, 0.3) is 5.91 Å². The summed E-state index contributed by atoms with van der Waals surface area (Å²) in [7, 11) is 1.54. The van der Waals surface area contributed by atoms with Gasteiger partial charge in [0.15, 0.2) is 29.3 Å². The lowest BCUT2D eigenvalue weighted by Crippen LogP contribution is -2.50. The van der Waals surface area contributed by atoms with E-state index in [0.29, 0.717) is 5.56 Å². The van der Waals surface area contributed by atoms with Crippen LogP contribution in [0.2, 0.25) is 0 Å². The second-order valence-electron chi connectivity index (χ2n) is 8.43. The standard InChI is InChI=1S/C24H26N6O7/c1-13(31)29(4)19-17(10-35-14(2)32)37-24(20(19)36-15(3)33)30-12-27-18-21(25-11-26-22(18)30)28-23(34)16-8-6-5-7-9-16/h5-9,11-12,17,19-20,24H,10H2,1-4H3,(H,25,26,28,34). The second-order valence-corrected chi connectivity index (χ2v) is 8.43. The molecule has 0 aliphatic carbocycles. The van der Waals surface area contributed by atoms with Gasteiger partial charge in [-0.15, -0.1) is 0 Å². The first-order valence-corrected chi connectivity index (χ1v) is 11.4. The highest BCUT2D eigenvalue weighted by atomic mass is 16.6. The number of nitrogens with one attached hydrogen (secondary N) is 1. The van der Waals surface area contributed by atoms with Crippen molar-refractivity contribution in [3.63, 3.8) is 0 Å². The number of amides is 2. The molecule has 3 heterocycles. The van der Waals surface area contributed by atoms with E-state index in [1.807, 2.05) is 0 Å². The lowest BCUT2D eigenvalue weighted by atomic mass is 10.1. The molecular formula is C24H26N6O7. The summed E-state index contributed by atoms with van der Waals surface area (Å²) in [4.78, 5) is 62.6. The summed E-state index contributed by atoms with van der Waals surface area (Å²) in [5.74, 6) is -1.63. The molecule has 1 aliphatic heterocycles. The van der Waals surface area contributed by atoms with Gasteiger partial charge in [0.2, 0.25) is 5.91 Å². The number of fused-ring (bicyclic) bond motifs is 1. The first-order chi connectivity index (χ1) is 17.7. The number of esters is 2. The van der Waals surface area contributed by atoms with Crippen molar-refractivity contribution < 1.29 is 33.4 Å². The smallest absolute Gasteiger partial charge is 0.303 e. The summed E-state index contributed by atoms with van der Waals surface area (Å²) in [6.45, 7) is 3.69. The highest BCUT2D eigenvalue weighted by Crippen LogP contribution is 2.37.